The lowest BCUT2D eigenvalue weighted by Crippen LogP contribution is -2.15. The van der Waals surface area contributed by atoms with Crippen LogP contribution in [0.25, 0.3) is 5.65 Å². The number of anilines is 1. The lowest BCUT2D eigenvalue weighted by molar-refractivity contribution is 0.102. The van der Waals surface area contributed by atoms with Crippen LogP contribution in [0.5, 0.6) is 0 Å². The van der Waals surface area contributed by atoms with Gasteiger partial charge in [-0.3, -0.25) is 9.20 Å². The number of nitrogens with one attached hydrogen (secondary N) is 1. The van der Waals surface area contributed by atoms with Gasteiger partial charge in [-0.05, 0) is 37.3 Å². The standard InChI is InChI=1S/C15H11Cl2N3O/c1-9-14(20-7-6-11(17)8-13(20)18-9)15(21)19-12-4-2-10(16)3-5-12/h2-8H,1H3,(H,19,21). The molecule has 1 amide bonds. The van der Waals surface area contributed by atoms with Crippen molar-refractivity contribution in [1.82, 2.24) is 9.38 Å². The molecule has 0 aliphatic rings. The molecule has 2 heterocycles. The SMILES string of the molecule is Cc1nc2cc(Cl)ccn2c1C(=O)Nc1ccc(Cl)cc1. The summed E-state index contributed by atoms with van der Waals surface area (Å²) in [4.78, 5) is 16.8. The van der Waals surface area contributed by atoms with Crippen LogP contribution in [0.1, 0.15) is 16.2 Å². The summed E-state index contributed by atoms with van der Waals surface area (Å²) in [5, 5.41) is 4.03. The molecule has 0 spiro atoms. The van der Waals surface area contributed by atoms with Crippen molar-refractivity contribution in [3.63, 3.8) is 0 Å². The van der Waals surface area contributed by atoms with Crippen LogP contribution in [0.2, 0.25) is 10.0 Å². The van der Waals surface area contributed by atoms with E-state index in [4.69, 9.17) is 23.2 Å². The summed E-state index contributed by atoms with van der Waals surface area (Å²) in [6.45, 7) is 1.79. The highest BCUT2D eigenvalue weighted by molar-refractivity contribution is 6.31. The third-order valence-corrected chi connectivity index (χ3v) is 3.57. The number of carbonyl (C=O) groups excluding carboxylic acids is 1. The molecule has 1 N–H and O–H groups in total. The molecule has 106 valence electrons. The van der Waals surface area contributed by atoms with Crippen molar-refractivity contribution in [1.29, 1.82) is 0 Å². The number of imidazole rings is 1. The van der Waals surface area contributed by atoms with Gasteiger partial charge >= 0.3 is 0 Å². The number of hydrogen-bond acceptors (Lipinski definition) is 2. The maximum Gasteiger partial charge on any atom is 0.274 e. The Bertz CT molecular complexity index is 825. The molecule has 0 saturated carbocycles. The van der Waals surface area contributed by atoms with Crippen molar-refractivity contribution >= 4 is 40.4 Å². The Kier molecular flexibility index (Phi) is 3.57. The molecule has 0 saturated heterocycles. The Morgan fingerprint density at radius 1 is 1.14 bits per heavy atom. The first-order chi connectivity index (χ1) is 10.0. The van der Waals surface area contributed by atoms with Gasteiger partial charge in [0.1, 0.15) is 11.3 Å². The van der Waals surface area contributed by atoms with E-state index < -0.39 is 0 Å². The molecule has 0 unspecified atom stereocenters. The third kappa shape index (κ3) is 2.73. The molecule has 1 aromatic carbocycles. The zero-order chi connectivity index (χ0) is 15.0. The van der Waals surface area contributed by atoms with E-state index in [1.165, 1.54) is 0 Å². The zero-order valence-electron chi connectivity index (χ0n) is 11.1. The molecule has 0 aliphatic carbocycles. The number of benzene rings is 1. The lowest BCUT2D eigenvalue weighted by atomic mass is 10.3. The van der Waals surface area contributed by atoms with Crippen molar-refractivity contribution in [3.05, 3.63) is 64.0 Å². The lowest BCUT2D eigenvalue weighted by Gasteiger charge is -2.06. The number of halogens is 2. The fraction of sp³-hybridized carbons (Fsp3) is 0.0667. The quantitative estimate of drug-likeness (QED) is 0.769. The van der Waals surface area contributed by atoms with Crippen molar-refractivity contribution in [3.8, 4) is 0 Å². The first kappa shape index (κ1) is 13.9. The third-order valence-electron chi connectivity index (χ3n) is 3.08. The van der Waals surface area contributed by atoms with Crippen LogP contribution in [-0.4, -0.2) is 15.3 Å². The number of aryl methyl sites for hydroxylation is 1. The average Bonchev–Trinajstić information content (AvgIpc) is 2.76. The second-order valence-corrected chi connectivity index (χ2v) is 5.45. The van der Waals surface area contributed by atoms with Gasteiger partial charge < -0.3 is 5.32 Å². The number of carbonyl (C=O) groups is 1. The Hall–Kier alpha value is -2.04. The summed E-state index contributed by atoms with van der Waals surface area (Å²) < 4.78 is 1.71. The van der Waals surface area contributed by atoms with Crippen molar-refractivity contribution in [2.45, 2.75) is 6.92 Å². The van der Waals surface area contributed by atoms with Crippen LogP contribution >= 0.6 is 23.2 Å². The van der Waals surface area contributed by atoms with Gasteiger partial charge in [0.05, 0.1) is 5.69 Å². The van der Waals surface area contributed by atoms with Gasteiger partial charge in [0.15, 0.2) is 0 Å². The number of fused-ring (bicyclic) bond motifs is 1. The van der Waals surface area contributed by atoms with Crippen LogP contribution in [0, 0.1) is 6.92 Å². The summed E-state index contributed by atoms with van der Waals surface area (Å²) >= 11 is 11.8. The van der Waals surface area contributed by atoms with Crippen molar-refractivity contribution < 1.29 is 4.79 Å². The molecule has 0 fully saturated rings. The van der Waals surface area contributed by atoms with E-state index in [1.54, 1.807) is 53.9 Å². The first-order valence-corrected chi connectivity index (χ1v) is 7.01. The maximum atomic E-state index is 12.4. The van der Waals surface area contributed by atoms with Crippen LogP contribution < -0.4 is 5.32 Å². The molecule has 0 radical (unpaired) electrons. The van der Waals surface area contributed by atoms with Gasteiger partial charge in [-0.25, -0.2) is 4.98 Å². The fourth-order valence-corrected chi connectivity index (χ4v) is 2.41. The number of pyridine rings is 1. The van der Waals surface area contributed by atoms with Crippen LogP contribution in [-0.2, 0) is 0 Å². The molecule has 4 nitrogen and oxygen atoms in total. The van der Waals surface area contributed by atoms with E-state index >= 15 is 0 Å². The fourth-order valence-electron chi connectivity index (χ4n) is 2.13. The highest BCUT2D eigenvalue weighted by Crippen LogP contribution is 2.19. The van der Waals surface area contributed by atoms with Crippen molar-refractivity contribution in [2.75, 3.05) is 5.32 Å². The second-order valence-electron chi connectivity index (χ2n) is 4.58. The smallest absolute Gasteiger partial charge is 0.274 e. The predicted octanol–water partition coefficient (Wildman–Crippen LogP) is 4.20. The summed E-state index contributed by atoms with van der Waals surface area (Å²) in [6.07, 6.45) is 1.73. The van der Waals surface area contributed by atoms with E-state index in [9.17, 15) is 4.79 Å². The minimum absolute atomic E-state index is 0.232. The monoisotopic (exact) mass is 319 g/mol. The minimum atomic E-state index is -0.232. The Morgan fingerprint density at radius 2 is 1.86 bits per heavy atom. The first-order valence-electron chi connectivity index (χ1n) is 6.26. The minimum Gasteiger partial charge on any atom is -0.321 e. The highest BCUT2D eigenvalue weighted by Gasteiger charge is 2.16. The van der Waals surface area contributed by atoms with Gasteiger partial charge in [0, 0.05) is 28.0 Å². The van der Waals surface area contributed by atoms with E-state index in [0.29, 0.717) is 32.8 Å². The Morgan fingerprint density at radius 3 is 2.57 bits per heavy atom. The normalized spacial score (nSPS) is 10.8. The van der Waals surface area contributed by atoms with Crippen molar-refractivity contribution in [2.24, 2.45) is 0 Å². The van der Waals surface area contributed by atoms with Gasteiger partial charge in [-0.15, -0.1) is 0 Å². The molecule has 0 bridgehead atoms. The van der Waals surface area contributed by atoms with E-state index in [2.05, 4.69) is 10.3 Å². The summed E-state index contributed by atoms with van der Waals surface area (Å²) in [6, 6.07) is 10.4. The number of aromatic nitrogens is 2. The van der Waals surface area contributed by atoms with Gasteiger partial charge in [0.2, 0.25) is 0 Å². The Balaban J connectivity index is 1.97. The zero-order valence-corrected chi connectivity index (χ0v) is 12.6. The highest BCUT2D eigenvalue weighted by atomic mass is 35.5. The predicted molar refractivity (Wildman–Crippen MR) is 84.3 cm³/mol. The van der Waals surface area contributed by atoms with E-state index in [-0.39, 0.29) is 5.91 Å². The molecule has 6 heteroatoms. The maximum absolute atomic E-state index is 12.4. The molecular formula is C15H11Cl2N3O. The van der Waals surface area contributed by atoms with Crippen LogP contribution in [0.3, 0.4) is 0 Å². The molecular weight excluding hydrogens is 309 g/mol. The van der Waals surface area contributed by atoms with Gasteiger partial charge in [-0.2, -0.15) is 0 Å². The number of hydrogen-bond donors (Lipinski definition) is 1. The second kappa shape index (κ2) is 5.39. The van der Waals surface area contributed by atoms with Gasteiger partial charge in [0.25, 0.3) is 5.91 Å². The molecule has 3 rings (SSSR count). The summed E-state index contributed by atoms with van der Waals surface area (Å²) in [7, 11) is 0. The Labute approximate surface area is 131 Å². The number of nitrogens with zero attached hydrogens (tertiary/aromatic N) is 2. The molecule has 3 aromatic rings. The number of amides is 1. The van der Waals surface area contributed by atoms with Gasteiger partial charge in [-0.1, -0.05) is 23.2 Å². The summed E-state index contributed by atoms with van der Waals surface area (Å²) in [5.74, 6) is -0.232. The van der Waals surface area contributed by atoms with E-state index in [0.717, 1.165) is 0 Å². The molecule has 2 aromatic heterocycles. The summed E-state index contributed by atoms with van der Waals surface area (Å²) in [5.41, 5.74) is 2.44. The van der Waals surface area contributed by atoms with Crippen LogP contribution in [0.4, 0.5) is 5.69 Å². The number of rotatable bonds is 2. The molecule has 21 heavy (non-hydrogen) atoms. The molecule has 0 atom stereocenters. The average molecular weight is 320 g/mol. The van der Waals surface area contributed by atoms with Crippen LogP contribution in [0.15, 0.2) is 42.6 Å². The topological polar surface area (TPSA) is 46.4 Å². The van der Waals surface area contributed by atoms with E-state index in [1.807, 2.05) is 0 Å². The molecule has 0 aliphatic heterocycles. The largest absolute Gasteiger partial charge is 0.321 e.